The van der Waals surface area contributed by atoms with Crippen LogP contribution in [0.25, 0.3) is 11.1 Å². The van der Waals surface area contributed by atoms with Crippen LogP contribution < -0.4 is 4.74 Å². The van der Waals surface area contributed by atoms with E-state index in [2.05, 4.69) is 6.92 Å². The second-order valence-electron chi connectivity index (χ2n) is 4.09. The van der Waals surface area contributed by atoms with Gasteiger partial charge in [-0.3, -0.25) is 4.79 Å². The number of hydrogen-bond acceptors (Lipinski definition) is 2. The SMILES string of the molecule is CCCOc1ccccc1-c1cccc(C=O)c1. The van der Waals surface area contributed by atoms with Crippen molar-refractivity contribution in [2.24, 2.45) is 0 Å². The fourth-order valence-corrected chi connectivity index (χ4v) is 1.82. The Morgan fingerprint density at radius 2 is 1.94 bits per heavy atom. The molecule has 92 valence electrons. The Kier molecular flexibility index (Phi) is 4.13. The van der Waals surface area contributed by atoms with Crippen molar-refractivity contribution < 1.29 is 9.53 Å². The van der Waals surface area contributed by atoms with Crippen LogP contribution in [0.4, 0.5) is 0 Å². The summed E-state index contributed by atoms with van der Waals surface area (Å²) < 4.78 is 5.73. The van der Waals surface area contributed by atoms with Crippen molar-refractivity contribution in [2.75, 3.05) is 6.61 Å². The molecule has 0 aliphatic rings. The highest BCUT2D eigenvalue weighted by Crippen LogP contribution is 2.30. The van der Waals surface area contributed by atoms with E-state index >= 15 is 0 Å². The third-order valence-electron chi connectivity index (χ3n) is 2.68. The molecule has 0 amide bonds. The number of para-hydroxylation sites is 1. The van der Waals surface area contributed by atoms with Gasteiger partial charge in [0.05, 0.1) is 6.61 Å². The molecule has 0 spiro atoms. The van der Waals surface area contributed by atoms with Gasteiger partial charge in [0.1, 0.15) is 12.0 Å². The monoisotopic (exact) mass is 240 g/mol. The molecule has 2 rings (SSSR count). The van der Waals surface area contributed by atoms with Gasteiger partial charge in [0.15, 0.2) is 0 Å². The Morgan fingerprint density at radius 3 is 2.72 bits per heavy atom. The van der Waals surface area contributed by atoms with Crippen molar-refractivity contribution in [3.05, 3.63) is 54.1 Å². The molecular weight excluding hydrogens is 224 g/mol. The summed E-state index contributed by atoms with van der Waals surface area (Å²) >= 11 is 0. The summed E-state index contributed by atoms with van der Waals surface area (Å²) in [5, 5.41) is 0. The maximum atomic E-state index is 10.8. The molecule has 0 bridgehead atoms. The van der Waals surface area contributed by atoms with Crippen LogP contribution in [-0.4, -0.2) is 12.9 Å². The van der Waals surface area contributed by atoms with Crippen molar-refractivity contribution in [3.8, 4) is 16.9 Å². The van der Waals surface area contributed by atoms with Gasteiger partial charge in [-0.15, -0.1) is 0 Å². The minimum absolute atomic E-state index is 0.679. The van der Waals surface area contributed by atoms with E-state index in [1.165, 1.54) is 0 Å². The standard InChI is InChI=1S/C16H16O2/c1-2-10-18-16-9-4-3-8-15(16)14-7-5-6-13(11-14)12-17/h3-9,11-12H,2,10H2,1H3. The molecule has 0 aliphatic carbocycles. The van der Waals surface area contributed by atoms with Crippen LogP contribution in [0.2, 0.25) is 0 Å². The fraction of sp³-hybridized carbons (Fsp3) is 0.188. The smallest absolute Gasteiger partial charge is 0.150 e. The van der Waals surface area contributed by atoms with Crippen LogP contribution in [0, 0.1) is 0 Å². The number of carbonyl (C=O) groups excluding carboxylic acids is 1. The Bertz CT molecular complexity index is 532. The number of aldehydes is 1. The molecular formula is C16H16O2. The second kappa shape index (κ2) is 6.01. The summed E-state index contributed by atoms with van der Waals surface area (Å²) in [6.07, 6.45) is 1.84. The van der Waals surface area contributed by atoms with E-state index in [9.17, 15) is 4.79 Å². The van der Waals surface area contributed by atoms with Gasteiger partial charge in [-0.1, -0.05) is 43.3 Å². The van der Waals surface area contributed by atoms with Crippen molar-refractivity contribution in [2.45, 2.75) is 13.3 Å². The Hall–Kier alpha value is -2.09. The minimum atomic E-state index is 0.679. The molecule has 0 heterocycles. The number of rotatable bonds is 5. The van der Waals surface area contributed by atoms with Crippen LogP contribution >= 0.6 is 0 Å². The predicted molar refractivity (Wildman–Crippen MR) is 73.1 cm³/mol. The highest BCUT2D eigenvalue weighted by molar-refractivity contribution is 5.80. The Labute approximate surface area is 107 Å². The van der Waals surface area contributed by atoms with Crippen molar-refractivity contribution in [1.29, 1.82) is 0 Å². The topological polar surface area (TPSA) is 26.3 Å². The summed E-state index contributed by atoms with van der Waals surface area (Å²) in [7, 11) is 0. The van der Waals surface area contributed by atoms with Gasteiger partial charge in [0, 0.05) is 11.1 Å². The molecule has 0 saturated carbocycles. The molecule has 0 aromatic heterocycles. The van der Waals surface area contributed by atoms with E-state index < -0.39 is 0 Å². The number of hydrogen-bond donors (Lipinski definition) is 0. The van der Waals surface area contributed by atoms with E-state index in [0.29, 0.717) is 12.2 Å². The van der Waals surface area contributed by atoms with Gasteiger partial charge in [-0.25, -0.2) is 0 Å². The first-order valence-electron chi connectivity index (χ1n) is 6.12. The Balaban J connectivity index is 2.39. The normalized spacial score (nSPS) is 10.1. The molecule has 0 N–H and O–H groups in total. The lowest BCUT2D eigenvalue weighted by molar-refractivity contribution is 0.112. The van der Waals surface area contributed by atoms with Crippen LogP contribution in [0.1, 0.15) is 23.7 Å². The molecule has 2 nitrogen and oxygen atoms in total. The molecule has 0 saturated heterocycles. The maximum absolute atomic E-state index is 10.8. The van der Waals surface area contributed by atoms with Gasteiger partial charge < -0.3 is 4.74 Å². The largest absolute Gasteiger partial charge is 0.493 e. The van der Waals surface area contributed by atoms with Crippen LogP contribution in [0.15, 0.2) is 48.5 Å². The zero-order valence-corrected chi connectivity index (χ0v) is 10.4. The predicted octanol–water partition coefficient (Wildman–Crippen LogP) is 3.95. The maximum Gasteiger partial charge on any atom is 0.150 e. The van der Waals surface area contributed by atoms with Crippen molar-refractivity contribution in [3.63, 3.8) is 0 Å². The quantitative estimate of drug-likeness (QED) is 0.739. The minimum Gasteiger partial charge on any atom is -0.493 e. The highest BCUT2D eigenvalue weighted by atomic mass is 16.5. The summed E-state index contributed by atoms with van der Waals surface area (Å²) in [4.78, 5) is 10.8. The lowest BCUT2D eigenvalue weighted by Gasteiger charge is -2.11. The van der Waals surface area contributed by atoms with Crippen molar-refractivity contribution >= 4 is 6.29 Å². The van der Waals surface area contributed by atoms with E-state index in [4.69, 9.17) is 4.74 Å². The number of carbonyl (C=O) groups is 1. The number of benzene rings is 2. The van der Waals surface area contributed by atoms with Crippen molar-refractivity contribution in [1.82, 2.24) is 0 Å². The third kappa shape index (κ3) is 2.77. The Morgan fingerprint density at radius 1 is 1.11 bits per heavy atom. The first kappa shape index (κ1) is 12.4. The average molecular weight is 240 g/mol. The molecule has 2 aromatic rings. The van der Waals surface area contributed by atoms with Gasteiger partial charge >= 0.3 is 0 Å². The second-order valence-corrected chi connectivity index (χ2v) is 4.09. The van der Waals surface area contributed by atoms with E-state index in [1.54, 1.807) is 6.07 Å². The first-order chi connectivity index (χ1) is 8.85. The molecule has 0 unspecified atom stereocenters. The molecule has 2 aromatic carbocycles. The average Bonchev–Trinajstić information content (AvgIpc) is 2.45. The number of ether oxygens (including phenoxy) is 1. The van der Waals surface area contributed by atoms with Gasteiger partial charge in [0.2, 0.25) is 0 Å². The van der Waals surface area contributed by atoms with E-state index in [0.717, 1.165) is 29.6 Å². The zero-order valence-electron chi connectivity index (χ0n) is 10.4. The van der Waals surface area contributed by atoms with Gasteiger partial charge in [-0.2, -0.15) is 0 Å². The summed E-state index contributed by atoms with van der Waals surface area (Å²) in [5.74, 6) is 0.863. The lowest BCUT2D eigenvalue weighted by atomic mass is 10.0. The van der Waals surface area contributed by atoms with Gasteiger partial charge in [0.25, 0.3) is 0 Å². The molecule has 0 aliphatic heterocycles. The fourth-order valence-electron chi connectivity index (χ4n) is 1.82. The van der Waals surface area contributed by atoms with E-state index in [1.807, 2.05) is 42.5 Å². The summed E-state index contributed by atoms with van der Waals surface area (Å²) in [6, 6.07) is 15.4. The molecule has 0 radical (unpaired) electrons. The molecule has 2 heteroatoms. The first-order valence-corrected chi connectivity index (χ1v) is 6.12. The van der Waals surface area contributed by atoms with E-state index in [-0.39, 0.29) is 0 Å². The van der Waals surface area contributed by atoms with Crippen LogP contribution in [0.5, 0.6) is 5.75 Å². The van der Waals surface area contributed by atoms with Gasteiger partial charge in [-0.05, 0) is 24.1 Å². The zero-order chi connectivity index (χ0) is 12.8. The summed E-state index contributed by atoms with van der Waals surface area (Å²) in [5.41, 5.74) is 2.71. The van der Waals surface area contributed by atoms with Crippen LogP contribution in [-0.2, 0) is 0 Å². The third-order valence-corrected chi connectivity index (χ3v) is 2.68. The lowest BCUT2D eigenvalue weighted by Crippen LogP contribution is -1.96. The molecule has 18 heavy (non-hydrogen) atoms. The van der Waals surface area contributed by atoms with Crippen LogP contribution in [0.3, 0.4) is 0 Å². The highest BCUT2D eigenvalue weighted by Gasteiger charge is 2.05. The molecule has 0 atom stereocenters. The molecule has 0 fully saturated rings. The summed E-state index contributed by atoms with van der Waals surface area (Å²) in [6.45, 7) is 2.78.